The average molecular weight is 257 g/mol. The van der Waals surface area contributed by atoms with Gasteiger partial charge in [-0.2, -0.15) is 0 Å². The van der Waals surface area contributed by atoms with Gasteiger partial charge in [0.1, 0.15) is 0 Å². The van der Waals surface area contributed by atoms with Crippen molar-refractivity contribution in [1.82, 2.24) is 9.80 Å². The fraction of sp³-hybridized carbons (Fsp3) is 0.833. The minimum Gasteiger partial charge on any atom is -0.481 e. The molecule has 3 N–H and O–H groups in total. The van der Waals surface area contributed by atoms with Crippen LogP contribution in [0.1, 0.15) is 33.1 Å². The van der Waals surface area contributed by atoms with Crippen LogP contribution in [0, 0.1) is 0 Å². The fourth-order valence-corrected chi connectivity index (χ4v) is 2.27. The van der Waals surface area contributed by atoms with Crippen molar-refractivity contribution < 1.29 is 14.7 Å². The summed E-state index contributed by atoms with van der Waals surface area (Å²) in [6.07, 6.45) is 1.61. The SMILES string of the molecule is CCN(C(=O)N1CCC(N)CC1)C(C)CC(=O)O. The number of carbonyl (C=O) groups excluding carboxylic acids is 1. The molecule has 0 radical (unpaired) electrons. The van der Waals surface area contributed by atoms with Gasteiger partial charge in [-0.15, -0.1) is 0 Å². The molecule has 1 fully saturated rings. The highest BCUT2D eigenvalue weighted by Crippen LogP contribution is 2.13. The number of carboxylic acid groups (broad SMARTS) is 1. The largest absolute Gasteiger partial charge is 0.481 e. The topological polar surface area (TPSA) is 86.9 Å². The number of likely N-dealkylation sites (tertiary alicyclic amines) is 1. The van der Waals surface area contributed by atoms with Crippen LogP contribution in [0.5, 0.6) is 0 Å². The van der Waals surface area contributed by atoms with E-state index in [2.05, 4.69) is 0 Å². The number of piperidine rings is 1. The Balaban J connectivity index is 2.58. The molecule has 1 saturated heterocycles. The molecule has 1 aliphatic heterocycles. The van der Waals surface area contributed by atoms with E-state index in [0.29, 0.717) is 19.6 Å². The van der Waals surface area contributed by atoms with E-state index < -0.39 is 5.97 Å². The zero-order valence-corrected chi connectivity index (χ0v) is 11.1. The summed E-state index contributed by atoms with van der Waals surface area (Å²) >= 11 is 0. The van der Waals surface area contributed by atoms with Crippen molar-refractivity contribution in [1.29, 1.82) is 0 Å². The number of nitrogens with zero attached hydrogens (tertiary/aromatic N) is 2. The Kier molecular flexibility index (Phi) is 5.40. The van der Waals surface area contributed by atoms with Gasteiger partial charge in [-0.25, -0.2) is 4.79 Å². The number of rotatable bonds is 4. The first-order chi connectivity index (χ1) is 8.45. The summed E-state index contributed by atoms with van der Waals surface area (Å²) in [6, 6.07) is -0.172. The van der Waals surface area contributed by atoms with Gasteiger partial charge in [0.15, 0.2) is 0 Å². The lowest BCUT2D eigenvalue weighted by Crippen LogP contribution is -2.51. The minimum atomic E-state index is -0.880. The van der Waals surface area contributed by atoms with Gasteiger partial charge < -0.3 is 20.6 Å². The van der Waals surface area contributed by atoms with Gasteiger partial charge in [-0.05, 0) is 26.7 Å². The highest BCUT2D eigenvalue weighted by molar-refractivity contribution is 5.76. The number of carbonyl (C=O) groups is 2. The van der Waals surface area contributed by atoms with Gasteiger partial charge in [0.25, 0.3) is 0 Å². The summed E-state index contributed by atoms with van der Waals surface area (Å²) in [5.41, 5.74) is 5.80. The predicted molar refractivity (Wildman–Crippen MR) is 68.3 cm³/mol. The minimum absolute atomic E-state index is 0.0209. The lowest BCUT2D eigenvalue weighted by molar-refractivity contribution is -0.138. The number of hydrogen-bond acceptors (Lipinski definition) is 3. The Hall–Kier alpha value is -1.30. The van der Waals surface area contributed by atoms with Crippen LogP contribution in [0.4, 0.5) is 4.79 Å². The summed E-state index contributed by atoms with van der Waals surface area (Å²) in [6.45, 7) is 5.49. The summed E-state index contributed by atoms with van der Waals surface area (Å²) < 4.78 is 0. The van der Waals surface area contributed by atoms with Crippen LogP contribution in [0.15, 0.2) is 0 Å². The van der Waals surface area contributed by atoms with Crippen LogP contribution in [0.25, 0.3) is 0 Å². The number of aliphatic carboxylic acids is 1. The van der Waals surface area contributed by atoms with Gasteiger partial charge in [0, 0.05) is 31.7 Å². The molecular weight excluding hydrogens is 234 g/mol. The molecule has 1 heterocycles. The number of amides is 2. The van der Waals surface area contributed by atoms with Crippen LogP contribution in [-0.4, -0.2) is 58.6 Å². The number of nitrogens with two attached hydrogens (primary N) is 1. The average Bonchev–Trinajstić information content (AvgIpc) is 2.29. The number of hydrogen-bond donors (Lipinski definition) is 2. The molecule has 0 spiro atoms. The first-order valence-electron chi connectivity index (χ1n) is 6.48. The molecule has 1 aliphatic rings. The van der Waals surface area contributed by atoms with Crippen molar-refractivity contribution >= 4 is 12.0 Å². The van der Waals surface area contributed by atoms with E-state index in [-0.39, 0.29) is 24.5 Å². The van der Waals surface area contributed by atoms with E-state index in [1.807, 2.05) is 6.92 Å². The van der Waals surface area contributed by atoms with Gasteiger partial charge in [-0.3, -0.25) is 4.79 Å². The molecule has 1 atom stereocenters. The normalized spacial score (nSPS) is 18.5. The maximum atomic E-state index is 12.3. The van der Waals surface area contributed by atoms with Crippen LogP contribution < -0.4 is 5.73 Å². The summed E-state index contributed by atoms with van der Waals surface area (Å²) in [5.74, 6) is -0.880. The summed E-state index contributed by atoms with van der Waals surface area (Å²) in [4.78, 5) is 26.4. The van der Waals surface area contributed by atoms with Crippen molar-refractivity contribution in [2.24, 2.45) is 5.73 Å². The zero-order chi connectivity index (χ0) is 13.7. The van der Waals surface area contributed by atoms with E-state index in [4.69, 9.17) is 10.8 Å². The third-order valence-corrected chi connectivity index (χ3v) is 3.40. The van der Waals surface area contributed by atoms with Gasteiger partial charge in [0.05, 0.1) is 6.42 Å². The second-order valence-corrected chi connectivity index (χ2v) is 4.84. The third-order valence-electron chi connectivity index (χ3n) is 3.40. The maximum absolute atomic E-state index is 12.3. The van der Waals surface area contributed by atoms with Crippen molar-refractivity contribution in [2.75, 3.05) is 19.6 Å². The molecular formula is C12H23N3O3. The molecule has 0 saturated carbocycles. The molecule has 0 bridgehead atoms. The van der Waals surface area contributed by atoms with Gasteiger partial charge in [0.2, 0.25) is 0 Å². The lowest BCUT2D eigenvalue weighted by Gasteiger charge is -2.36. The van der Waals surface area contributed by atoms with E-state index in [0.717, 1.165) is 12.8 Å². The van der Waals surface area contributed by atoms with Crippen LogP contribution in [0.3, 0.4) is 0 Å². The smallest absolute Gasteiger partial charge is 0.320 e. The third kappa shape index (κ3) is 3.87. The van der Waals surface area contributed by atoms with E-state index >= 15 is 0 Å². The second-order valence-electron chi connectivity index (χ2n) is 4.84. The van der Waals surface area contributed by atoms with Crippen LogP contribution in [0.2, 0.25) is 0 Å². The number of carboxylic acids is 1. The van der Waals surface area contributed by atoms with Crippen molar-refractivity contribution in [3.63, 3.8) is 0 Å². The molecule has 0 aromatic heterocycles. The standard InChI is InChI=1S/C12H23N3O3/c1-3-15(9(2)8-11(16)17)12(18)14-6-4-10(13)5-7-14/h9-10H,3-8,13H2,1-2H3,(H,16,17). The molecule has 18 heavy (non-hydrogen) atoms. The molecule has 104 valence electrons. The Labute approximate surface area is 108 Å². The molecule has 1 rings (SSSR count). The molecule has 6 nitrogen and oxygen atoms in total. The Morgan fingerprint density at radius 2 is 2.00 bits per heavy atom. The quantitative estimate of drug-likeness (QED) is 0.776. The molecule has 0 aromatic carbocycles. The molecule has 1 unspecified atom stereocenters. The zero-order valence-electron chi connectivity index (χ0n) is 11.1. The lowest BCUT2D eigenvalue weighted by atomic mass is 10.1. The van der Waals surface area contributed by atoms with Crippen molar-refractivity contribution in [2.45, 2.75) is 45.2 Å². The predicted octanol–water partition coefficient (Wildman–Crippen LogP) is 0.715. The Morgan fingerprint density at radius 3 is 2.44 bits per heavy atom. The second kappa shape index (κ2) is 6.58. The van der Waals surface area contributed by atoms with Crippen LogP contribution in [-0.2, 0) is 4.79 Å². The highest BCUT2D eigenvalue weighted by Gasteiger charge is 2.27. The Morgan fingerprint density at radius 1 is 1.44 bits per heavy atom. The molecule has 6 heteroatoms. The summed E-state index contributed by atoms with van der Waals surface area (Å²) in [5, 5.41) is 8.79. The fourth-order valence-electron chi connectivity index (χ4n) is 2.27. The van der Waals surface area contributed by atoms with Crippen molar-refractivity contribution in [3.05, 3.63) is 0 Å². The van der Waals surface area contributed by atoms with Crippen LogP contribution >= 0.6 is 0 Å². The van der Waals surface area contributed by atoms with E-state index in [1.165, 1.54) is 0 Å². The monoisotopic (exact) mass is 257 g/mol. The first-order valence-corrected chi connectivity index (χ1v) is 6.48. The first kappa shape index (κ1) is 14.8. The summed E-state index contributed by atoms with van der Waals surface area (Å²) in [7, 11) is 0. The van der Waals surface area contributed by atoms with E-state index in [1.54, 1.807) is 16.7 Å². The van der Waals surface area contributed by atoms with Gasteiger partial charge >= 0.3 is 12.0 Å². The number of urea groups is 1. The Bertz CT molecular complexity index is 301. The maximum Gasteiger partial charge on any atom is 0.320 e. The molecule has 0 aromatic rings. The highest BCUT2D eigenvalue weighted by atomic mass is 16.4. The van der Waals surface area contributed by atoms with Crippen molar-refractivity contribution in [3.8, 4) is 0 Å². The molecule has 0 aliphatic carbocycles. The molecule has 2 amide bonds. The van der Waals surface area contributed by atoms with E-state index in [9.17, 15) is 9.59 Å². The van der Waals surface area contributed by atoms with Gasteiger partial charge in [-0.1, -0.05) is 0 Å².